The van der Waals surface area contributed by atoms with Gasteiger partial charge in [-0.1, -0.05) is 6.07 Å². The Bertz CT molecular complexity index is 1410. The topological polar surface area (TPSA) is 91.0 Å². The molecule has 0 saturated heterocycles. The molecule has 1 aliphatic carbocycles. The number of carbonyl (C=O) groups excluding carboxylic acids is 1. The van der Waals surface area contributed by atoms with Gasteiger partial charge in [0, 0.05) is 17.0 Å². The summed E-state index contributed by atoms with van der Waals surface area (Å²) < 4.78 is 8.07. The third kappa shape index (κ3) is 4.00. The van der Waals surface area contributed by atoms with Gasteiger partial charge in [-0.3, -0.25) is 9.59 Å². The van der Waals surface area contributed by atoms with Crippen molar-refractivity contribution in [3.63, 3.8) is 0 Å². The number of carbonyl (C=O) groups is 1. The van der Waals surface area contributed by atoms with E-state index in [2.05, 4.69) is 15.5 Å². The Balaban J connectivity index is 1.53. The van der Waals surface area contributed by atoms with Crippen molar-refractivity contribution in [3.8, 4) is 11.4 Å². The molecule has 1 N–H and O–H groups in total. The SMILES string of the molecule is COc1ccc(NC(=O)Cn2nc(C3CC3)c3cnn(-c4ccc(C)c(C)c4)c3c2=O)cc1. The molecule has 1 amide bonds. The number of fused-ring (bicyclic) bond motifs is 1. The number of rotatable bonds is 6. The molecule has 0 spiro atoms. The van der Waals surface area contributed by atoms with Crippen molar-refractivity contribution < 1.29 is 9.53 Å². The van der Waals surface area contributed by atoms with Gasteiger partial charge in [-0.05, 0) is 74.2 Å². The molecule has 4 aromatic rings. The van der Waals surface area contributed by atoms with Crippen LogP contribution in [-0.2, 0) is 11.3 Å². The first-order valence-corrected chi connectivity index (χ1v) is 10.9. The summed E-state index contributed by atoms with van der Waals surface area (Å²) in [7, 11) is 1.59. The van der Waals surface area contributed by atoms with Crippen molar-refractivity contribution in [2.45, 2.75) is 39.2 Å². The van der Waals surface area contributed by atoms with Gasteiger partial charge in [0.25, 0.3) is 5.56 Å². The Morgan fingerprint density at radius 1 is 1.12 bits per heavy atom. The number of nitrogens with zero attached hydrogens (tertiary/aromatic N) is 4. The molecule has 2 heterocycles. The zero-order valence-electron chi connectivity index (χ0n) is 18.8. The number of nitrogens with one attached hydrogen (secondary N) is 1. The van der Waals surface area contributed by atoms with Crippen molar-refractivity contribution in [3.05, 3.63) is 75.8 Å². The number of benzene rings is 2. The van der Waals surface area contributed by atoms with E-state index in [4.69, 9.17) is 4.74 Å². The van der Waals surface area contributed by atoms with Crippen molar-refractivity contribution >= 4 is 22.5 Å². The molecule has 0 aliphatic heterocycles. The second-order valence-electron chi connectivity index (χ2n) is 8.49. The van der Waals surface area contributed by atoms with Crippen molar-refractivity contribution in [1.29, 1.82) is 0 Å². The number of amides is 1. The van der Waals surface area contributed by atoms with Gasteiger partial charge in [0.1, 0.15) is 17.8 Å². The van der Waals surface area contributed by atoms with Crippen LogP contribution in [0.1, 0.15) is 35.6 Å². The lowest BCUT2D eigenvalue weighted by Gasteiger charge is -2.11. The lowest BCUT2D eigenvalue weighted by atomic mass is 10.1. The fourth-order valence-corrected chi connectivity index (χ4v) is 3.92. The van der Waals surface area contributed by atoms with Crippen LogP contribution in [0.15, 0.2) is 53.5 Å². The first-order chi connectivity index (χ1) is 15.9. The summed E-state index contributed by atoms with van der Waals surface area (Å²) in [5.74, 6) is 0.666. The van der Waals surface area contributed by atoms with E-state index < -0.39 is 0 Å². The van der Waals surface area contributed by atoms with Crippen LogP contribution in [0.2, 0.25) is 0 Å². The van der Waals surface area contributed by atoms with Crippen molar-refractivity contribution in [2.24, 2.45) is 0 Å². The molecule has 0 radical (unpaired) electrons. The molecule has 1 fully saturated rings. The number of aryl methyl sites for hydroxylation is 2. The van der Waals surface area contributed by atoms with E-state index in [1.807, 2.05) is 32.0 Å². The average molecular weight is 444 g/mol. The molecule has 5 rings (SSSR count). The number of ether oxygens (including phenoxy) is 1. The lowest BCUT2D eigenvalue weighted by molar-refractivity contribution is -0.117. The van der Waals surface area contributed by atoms with Crippen LogP contribution in [-0.4, -0.2) is 32.6 Å². The predicted molar refractivity (Wildman–Crippen MR) is 126 cm³/mol. The van der Waals surface area contributed by atoms with Gasteiger partial charge in [-0.25, -0.2) is 9.36 Å². The molecule has 33 heavy (non-hydrogen) atoms. The van der Waals surface area contributed by atoms with Crippen LogP contribution in [0.4, 0.5) is 5.69 Å². The van der Waals surface area contributed by atoms with Gasteiger partial charge in [-0.15, -0.1) is 0 Å². The Labute approximate surface area is 190 Å². The summed E-state index contributed by atoms with van der Waals surface area (Å²) in [5, 5.41) is 12.7. The van der Waals surface area contributed by atoms with Gasteiger partial charge >= 0.3 is 0 Å². The maximum absolute atomic E-state index is 13.4. The summed E-state index contributed by atoms with van der Waals surface area (Å²) in [6, 6.07) is 13.0. The largest absolute Gasteiger partial charge is 0.497 e. The van der Waals surface area contributed by atoms with Crippen LogP contribution in [0.5, 0.6) is 5.75 Å². The van der Waals surface area contributed by atoms with Crippen LogP contribution in [0.3, 0.4) is 0 Å². The highest BCUT2D eigenvalue weighted by molar-refractivity contribution is 5.91. The molecule has 0 atom stereocenters. The summed E-state index contributed by atoms with van der Waals surface area (Å²) in [4.78, 5) is 26.2. The number of aromatic nitrogens is 4. The van der Waals surface area contributed by atoms with Gasteiger partial charge in [0.2, 0.25) is 5.91 Å². The van der Waals surface area contributed by atoms with Gasteiger partial charge in [0.15, 0.2) is 0 Å². The first-order valence-electron chi connectivity index (χ1n) is 10.9. The second-order valence-corrected chi connectivity index (χ2v) is 8.49. The summed E-state index contributed by atoms with van der Waals surface area (Å²) in [5.41, 5.74) is 4.67. The standard InChI is InChI=1S/C25H25N5O3/c1-15-4-9-19(12-16(15)2)30-24-21(13-26-30)23(17-5-6-17)28-29(25(24)32)14-22(31)27-18-7-10-20(33-3)11-8-18/h4,7-13,17H,5-6,14H2,1-3H3,(H,27,31). The third-order valence-electron chi connectivity index (χ3n) is 6.08. The van der Waals surface area contributed by atoms with Crippen molar-refractivity contribution in [1.82, 2.24) is 19.6 Å². The normalized spacial score (nSPS) is 13.3. The Kier molecular flexibility index (Phi) is 5.20. The van der Waals surface area contributed by atoms with Gasteiger partial charge in [0.05, 0.1) is 24.7 Å². The zero-order valence-corrected chi connectivity index (χ0v) is 18.8. The van der Waals surface area contributed by atoms with E-state index >= 15 is 0 Å². The molecule has 0 bridgehead atoms. The van der Waals surface area contributed by atoms with Crippen LogP contribution in [0.25, 0.3) is 16.6 Å². The molecule has 168 valence electrons. The minimum absolute atomic E-state index is 0.182. The maximum Gasteiger partial charge on any atom is 0.293 e. The summed E-state index contributed by atoms with van der Waals surface area (Å²) in [6.45, 7) is 3.89. The van der Waals surface area contributed by atoms with Crippen molar-refractivity contribution in [2.75, 3.05) is 12.4 Å². The highest BCUT2D eigenvalue weighted by Gasteiger charge is 2.30. The average Bonchev–Trinajstić information content (AvgIpc) is 3.56. The number of methoxy groups -OCH3 is 1. The molecular formula is C25H25N5O3. The maximum atomic E-state index is 13.4. The lowest BCUT2D eigenvalue weighted by Crippen LogP contribution is -2.31. The summed E-state index contributed by atoms with van der Waals surface area (Å²) >= 11 is 0. The van der Waals surface area contributed by atoms with E-state index in [0.717, 1.165) is 35.2 Å². The quantitative estimate of drug-likeness (QED) is 0.490. The zero-order chi connectivity index (χ0) is 23.1. The minimum atomic E-state index is -0.338. The highest BCUT2D eigenvalue weighted by Crippen LogP contribution is 2.41. The Morgan fingerprint density at radius 3 is 2.55 bits per heavy atom. The smallest absolute Gasteiger partial charge is 0.293 e. The van der Waals surface area contributed by atoms with E-state index in [-0.39, 0.29) is 18.0 Å². The monoisotopic (exact) mass is 443 g/mol. The molecule has 2 aromatic heterocycles. The number of anilines is 1. The number of hydrogen-bond acceptors (Lipinski definition) is 5. The summed E-state index contributed by atoms with van der Waals surface area (Å²) in [6.07, 6.45) is 3.76. The van der Waals surface area contributed by atoms with Crippen LogP contribution in [0, 0.1) is 13.8 Å². The molecule has 1 aliphatic rings. The first kappa shape index (κ1) is 20.9. The van der Waals surface area contributed by atoms with E-state index in [1.54, 1.807) is 42.3 Å². The Hall–Kier alpha value is -3.94. The molecule has 2 aromatic carbocycles. The molecule has 8 nitrogen and oxygen atoms in total. The Morgan fingerprint density at radius 2 is 1.88 bits per heavy atom. The van der Waals surface area contributed by atoms with E-state index in [9.17, 15) is 9.59 Å². The molecule has 1 saturated carbocycles. The van der Waals surface area contributed by atoms with E-state index in [1.165, 1.54) is 10.2 Å². The second kappa shape index (κ2) is 8.20. The molecule has 8 heteroatoms. The van der Waals surface area contributed by atoms with E-state index in [0.29, 0.717) is 22.9 Å². The molecular weight excluding hydrogens is 418 g/mol. The van der Waals surface area contributed by atoms with Gasteiger partial charge < -0.3 is 10.1 Å². The van der Waals surface area contributed by atoms with Gasteiger partial charge in [-0.2, -0.15) is 10.2 Å². The van der Waals surface area contributed by atoms with Crippen LogP contribution >= 0.6 is 0 Å². The minimum Gasteiger partial charge on any atom is -0.497 e. The fraction of sp³-hybridized carbons (Fsp3) is 0.280. The number of hydrogen-bond donors (Lipinski definition) is 1. The predicted octanol–water partition coefficient (Wildman–Crippen LogP) is 3.72. The van der Waals surface area contributed by atoms with Crippen LogP contribution < -0.4 is 15.6 Å². The fourth-order valence-electron chi connectivity index (χ4n) is 3.92. The highest BCUT2D eigenvalue weighted by atomic mass is 16.5. The molecule has 0 unspecified atom stereocenters. The third-order valence-corrected chi connectivity index (χ3v) is 6.08.